The molecule has 1 aliphatic carbocycles. The third kappa shape index (κ3) is 1.77. The molecule has 2 aliphatic rings. The summed E-state index contributed by atoms with van der Waals surface area (Å²) >= 11 is 0. The topological polar surface area (TPSA) is 88.1 Å². The van der Waals surface area contributed by atoms with Crippen LogP contribution >= 0.6 is 0 Å². The van der Waals surface area contributed by atoms with Crippen molar-refractivity contribution in [3.05, 3.63) is 12.7 Å². The standard InChI is InChI=1S/C13H17N5O2/c1-13(2)19-4-9(20-13)7-3-8(7)18-6-17-10-11(14)15-5-16-12(10)18/h5-9H,3-4H2,1-2H3,(H2,14,15,16)/t7-,8+,9-/m1/s1. The number of ether oxygens (including phenoxy) is 2. The number of hydrogen-bond acceptors (Lipinski definition) is 6. The summed E-state index contributed by atoms with van der Waals surface area (Å²) in [5.74, 6) is 0.402. The third-order valence-corrected chi connectivity index (χ3v) is 4.06. The molecule has 2 aromatic heterocycles. The lowest BCUT2D eigenvalue weighted by atomic mass is 10.2. The molecular formula is C13H17N5O2. The van der Waals surface area contributed by atoms with Gasteiger partial charge in [-0.25, -0.2) is 15.0 Å². The molecule has 20 heavy (non-hydrogen) atoms. The van der Waals surface area contributed by atoms with Gasteiger partial charge in [0.15, 0.2) is 17.3 Å². The second kappa shape index (κ2) is 3.89. The maximum Gasteiger partial charge on any atom is 0.165 e. The summed E-state index contributed by atoms with van der Waals surface area (Å²) in [5.41, 5.74) is 7.27. The number of hydrogen-bond donors (Lipinski definition) is 1. The van der Waals surface area contributed by atoms with Gasteiger partial charge >= 0.3 is 0 Å². The fourth-order valence-corrected chi connectivity index (χ4v) is 2.96. The van der Waals surface area contributed by atoms with Crippen molar-refractivity contribution in [2.24, 2.45) is 5.92 Å². The Kier molecular flexibility index (Phi) is 2.34. The Hall–Kier alpha value is -1.73. The first-order valence-corrected chi connectivity index (χ1v) is 6.80. The minimum Gasteiger partial charge on any atom is -0.382 e. The van der Waals surface area contributed by atoms with Crippen LogP contribution in [0.2, 0.25) is 0 Å². The first-order chi connectivity index (χ1) is 9.55. The summed E-state index contributed by atoms with van der Waals surface area (Å²) in [6.07, 6.45) is 4.47. The maximum absolute atomic E-state index is 5.92. The van der Waals surface area contributed by atoms with E-state index in [1.165, 1.54) is 6.33 Å². The van der Waals surface area contributed by atoms with Crippen molar-refractivity contribution < 1.29 is 9.47 Å². The van der Waals surface area contributed by atoms with Crippen molar-refractivity contribution in [2.75, 3.05) is 12.3 Å². The van der Waals surface area contributed by atoms with E-state index in [1.54, 1.807) is 6.33 Å². The van der Waals surface area contributed by atoms with Crippen LogP contribution < -0.4 is 5.73 Å². The molecule has 1 aliphatic heterocycles. The predicted octanol–water partition coefficient (Wildman–Crippen LogP) is 1.12. The summed E-state index contributed by atoms with van der Waals surface area (Å²) in [6.45, 7) is 4.55. The Labute approximate surface area is 116 Å². The monoisotopic (exact) mass is 275 g/mol. The molecule has 0 aromatic carbocycles. The van der Waals surface area contributed by atoms with Gasteiger partial charge in [0.1, 0.15) is 11.8 Å². The summed E-state index contributed by atoms with van der Waals surface area (Å²) in [5, 5.41) is 0. The maximum atomic E-state index is 5.92. The number of anilines is 1. The van der Waals surface area contributed by atoms with E-state index in [0.29, 0.717) is 29.9 Å². The normalized spacial score (nSPS) is 31.8. The molecule has 7 heteroatoms. The highest BCUT2D eigenvalue weighted by atomic mass is 16.7. The number of nitrogens with zero attached hydrogens (tertiary/aromatic N) is 4. The second-order valence-electron chi connectivity index (χ2n) is 5.92. The average Bonchev–Trinajstić information content (AvgIpc) is 2.92. The lowest BCUT2D eigenvalue weighted by molar-refractivity contribution is -0.140. The molecule has 3 atom stereocenters. The number of imidazole rings is 1. The molecule has 1 saturated carbocycles. The summed E-state index contributed by atoms with van der Waals surface area (Å²) in [4.78, 5) is 12.6. The summed E-state index contributed by atoms with van der Waals surface area (Å²) < 4.78 is 13.6. The van der Waals surface area contributed by atoms with Gasteiger partial charge in [-0.2, -0.15) is 0 Å². The van der Waals surface area contributed by atoms with Crippen LogP contribution in [0.4, 0.5) is 5.82 Å². The highest BCUT2D eigenvalue weighted by molar-refractivity contribution is 5.81. The van der Waals surface area contributed by atoms with Crippen molar-refractivity contribution in [3.8, 4) is 0 Å². The smallest absolute Gasteiger partial charge is 0.165 e. The first-order valence-electron chi connectivity index (χ1n) is 6.80. The van der Waals surface area contributed by atoms with Crippen molar-refractivity contribution in [1.82, 2.24) is 19.5 Å². The molecule has 3 heterocycles. The Morgan fingerprint density at radius 2 is 2.20 bits per heavy atom. The van der Waals surface area contributed by atoms with Crippen molar-refractivity contribution in [3.63, 3.8) is 0 Å². The molecule has 0 bridgehead atoms. The zero-order valence-corrected chi connectivity index (χ0v) is 11.5. The number of rotatable bonds is 2. The highest BCUT2D eigenvalue weighted by Crippen LogP contribution is 2.50. The molecular weight excluding hydrogens is 258 g/mol. The van der Waals surface area contributed by atoms with Crippen LogP contribution in [0.5, 0.6) is 0 Å². The van der Waals surface area contributed by atoms with E-state index < -0.39 is 5.79 Å². The van der Waals surface area contributed by atoms with Crippen LogP contribution in [0, 0.1) is 5.92 Å². The lowest BCUT2D eigenvalue weighted by Gasteiger charge is -2.17. The van der Waals surface area contributed by atoms with E-state index in [0.717, 1.165) is 12.1 Å². The zero-order valence-electron chi connectivity index (χ0n) is 11.5. The molecule has 2 fully saturated rings. The predicted molar refractivity (Wildman–Crippen MR) is 71.8 cm³/mol. The van der Waals surface area contributed by atoms with Crippen molar-refractivity contribution in [1.29, 1.82) is 0 Å². The van der Waals surface area contributed by atoms with Gasteiger partial charge in [-0.3, -0.25) is 0 Å². The largest absolute Gasteiger partial charge is 0.382 e. The molecule has 0 unspecified atom stereocenters. The minimum absolute atomic E-state index is 0.145. The van der Waals surface area contributed by atoms with E-state index >= 15 is 0 Å². The SMILES string of the molecule is CC1(C)OC[C@H]([C@@H]2C[C@@H]2n2cnc3c(N)ncnc32)O1. The quantitative estimate of drug-likeness (QED) is 0.883. The Bertz CT molecular complexity index is 668. The van der Waals surface area contributed by atoms with Gasteiger partial charge < -0.3 is 19.8 Å². The van der Waals surface area contributed by atoms with Crippen molar-refractivity contribution >= 4 is 17.0 Å². The van der Waals surface area contributed by atoms with Crippen LogP contribution in [-0.2, 0) is 9.47 Å². The van der Waals surface area contributed by atoms with Crippen LogP contribution in [0.3, 0.4) is 0 Å². The number of nitrogens with two attached hydrogens (primary N) is 1. The van der Waals surface area contributed by atoms with Crippen LogP contribution in [0.1, 0.15) is 26.3 Å². The van der Waals surface area contributed by atoms with Gasteiger partial charge in [0, 0.05) is 12.0 Å². The van der Waals surface area contributed by atoms with E-state index in [1.807, 2.05) is 13.8 Å². The van der Waals surface area contributed by atoms with Crippen LogP contribution in [-0.4, -0.2) is 38.0 Å². The Morgan fingerprint density at radius 3 is 2.95 bits per heavy atom. The molecule has 106 valence electrons. The molecule has 4 rings (SSSR count). The molecule has 2 N–H and O–H groups in total. The van der Waals surface area contributed by atoms with E-state index in [9.17, 15) is 0 Å². The van der Waals surface area contributed by atoms with E-state index in [2.05, 4.69) is 19.5 Å². The first kappa shape index (κ1) is 12.0. The fourth-order valence-electron chi connectivity index (χ4n) is 2.96. The fraction of sp³-hybridized carbons (Fsp3) is 0.615. The minimum atomic E-state index is -0.471. The average molecular weight is 275 g/mol. The molecule has 0 amide bonds. The summed E-state index contributed by atoms with van der Waals surface area (Å²) in [6, 6.07) is 0.358. The van der Waals surface area contributed by atoms with Gasteiger partial charge in [0.25, 0.3) is 0 Å². The van der Waals surface area contributed by atoms with Crippen LogP contribution in [0.25, 0.3) is 11.2 Å². The third-order valence-electron chi connectivity index (χ3n) is 4.06. The van der Waals surface area contributed by atoms with Gasteiger partial charge in [0.05, 0.1) is 19.0 Å². The van der Waals surface area contributed by atoms with Gasteiger partial charge in [-0.15, -0.1) is 0 Å². The molecule has 0 radical (unpaired) electrons. The second-order valence-corrected chi connectivity index (χ2v) is 5.92. The summed E-state index contributed by atoms with van der Waals surface area (Å²) in [7, 11) is 0. The number of nitrogen functional groups attached to an aromatic ring is 1. The Morgan fingerprint density at radius 1 is 1.35 bits per heavy atom. The molecule has 0 spiro atoms. The van der Waals surface area contributed by atoms with Gasteiger partial charge in [-0.05, 0) is 20.3 Å². The molecule has 2 aromatic rings. The highest BCUT2D eigenvalue weighted by Gasteiger charge is 2.50. The van der Waals surface area contributed by atoms with Gasteiger partial charge in [0.2, 0.25) is 0 Å². The van der Waals surface area contributed by atoms with E-state index in [-0.39, 0.29) is 6.10 Å². The Balaban J connectivity index is 1.59. The van der Waals surface area contributed by atoms with E-state index in [4.69, 9.17) is 15.2 Å². The molecule has 7 nitrogen and oxygen atoms in total. The van der Waals surface area contributed by atoms with Crippen LogP contribution in [0.15, 0.2) is 12.7 Å². The molecule has 1 saturated heterocycles. The number of aromatic nitrogens is 4. The number of fused-ring (bicyclic) bond motifs is 1. The lowest BCUT2D eigenvalue weighted by Crippen LogP contribution is -2.22. The van der Waals surface area contributed by atoms with Crippen molar-refractivity contribution in [2.45, 2.75) is 38.2 Å². The zero-order chi connectivity index (χ0) is 13.9. The van der Waals surface area contributed by atoms with Gasteiger partial charge in [-0.1, -0.05) is 0 Å².